The van der Waals surface area contributed by atoms with Gasteiger partial charge in [0, 0.05) is 25.2 Å². The van der Waals surface area contributed by atoms with Crippen molar-refractivity contribution < 1.29 is 9.53 Å². The molecule has 17 heavy (non-hydrogen) atoms. The van der Waals surface area contributed by atoms with Crippen LogP contribution in [0.4, 0.5) is 0 Å². The Hall–Kier alpha value is -0.410. The van der Waals surface area contributed by atoms with Gasteiger partial charge in [-0.25, -0.2) is 0 Å². The topological polar surface area (TPSA) is 38.3 Å². The molecule has 0 aromatic carbocycles. The van der Waals surface area contributed by atoms with Gasteiger partial charge < -0.3 is 10.1 Å². The number of rotatable bonds is 9. The van der Waals surface area contributed by atoms with Gasteiger partial charge in [-0.2, -0.15) is 0 Å². The molecule has 1 atom stereocenters. The number of ether oxygens (including phenoxy) is 1. The van der Waals surface area contributed by atoms with Crippen molar-refractivity contribution in [1.82, 2.24) is 5.32 Å². The molecule has 0 saturated carbocycles. The number of carbonyl (C=O) groups is 1. The van der Waals surface area contributed by atoms with Crippen LogP contribution >= 0.6 is 0 Å². The van der Waals surface area contributed by atoms with Crippen LogP contribution in [0.25, 0.3) is 0 Å². The van der Waals surface area contributed by atoms with Gasteiger partial charge in [0.2, 0.25) is 0 Å². The number of hydrogen-bond acceptors (Lipinski definition) is 3. The molecule has 0 spiro atoms. The van der Waals surface area contributed by atoms with Gasteiger partial charge >= 0.3 is 0 Å². The first-order valence-electron chi connectivity index (χ1n) is 6.72. The Balaban J connectivity index is 4.07. The third-order valence-electron chi connectivity index (χ3n) is 2.45. The second kappa shape index (κ2) is 8.65. The maximum Gasteiger partial charge on any atom is 0.152 e. The van der Waals surface area contributed by atoms with Gasteiger partial charge in [-0.15, -0.1) is 0 Å². The zero-order chi connectivity index (χ0) is 13.4. The van der Waals surface area contributed by atoms with Gasteiger partial charge in [-0.1, -0.05) is 41.5 Å². The molecule has 3 heteroatoms. The van der Waals surface area contributed by atoms with Crippen LogP contribution in [0, 0.1) is 11.8 Å². The number of nitrogens with one attached hydrogen (secondary N) is 1. The number of ketones is 1. The lowest BCUT2D eigenvalue weighted by Gasteiger charge is -2.22. The average Bonchev–Trinajstić information content (AvgIpc) is 2.20. The van der Waals surface area contributed by atoms with E-state index in [9.17, 15) is 4.79 Å². The van der Waals surface area contributed by atoms with Crippen molar-refractivity contribution >= 4 is 5.78 Å². The van der Waals surface area contributed by atoms with E-state index in [1.165, 1.54) is 0 Å². The molecular formula is C14H29NO2. The van der Waals surface area contributed by atoms with Crippen molar-refractivity contribution in [3.8, 4) is 0 Å². The van der Waals surface area contributed by atoms with Crippen LogP contribution < -0.4 is 5.32 Å². The first-order chi connectivity index (χ1) is 7.84. The number of carbonyl (C=O) groups excluding carboxylic acids is 1. The molecule has 0 saturated heterocycles. The summed E-state index contributed by atoms with van der Waals surface area (Å²) in [5.41, 5.74) is 0. The van der Waals surface area contributed by atoms with Crippen LogP contribution in [0.5, 0.6) is 0 Å². The Labute approximate surface area is 106 Å². The summed E-state index contributed by atoms with van der Waals surface area (Å²) in [7, 11) is 0. The second-order valence-corrected chi connectivity index (χ2v) is 5.69. The van der Waals surface area contributed by atoms with Crippen LogP contribution in [0.15, 0.2) is 0 Å². The Morgan fingerprint density at radius 2 is 1.71 bits per heavy atom. The average molecular weight is 243 g/mol. The van der Waals surface area contributed by atoms with E-state index in [0.717, 1.165) is 13.0 Å². The molecule has 0 radical (unpaired) electrons. The van der Waals surface area contributed by atoms with E-state index >= 15 is 0 Å². The van der Waals surface area contributed by atoms with Crippen LogP contribution in [0.1, 0.15) is 48.0 Å². The Bertz CT molecular complexity index is 212. The van der Waals surface area contributed by atoms with Crippen LogP contribution in [-0.4, -0.2) is 31.1 Å². The lowest BCUT2D eigenvalue weighted by Crippen LogP contribution is -2.43. The smallest absolute Gasteiger partial charge is 0.152 e. The molecule has 1 N–H and O–H groups in total. The van der Waals surface area contributed by atoms with Gasteiger partial charge in [0.15, 0.2) is 5.78 Å². The van der Waals surface area contributed by atoms with Gasteiger partial charge in [0.1, 0.15) is 0 Å². The lowest BCUT2D eigenvalue weighted by atomic mass is 9.99. The largest absolute Gasteiger partial charge is 0.381 e. The maximum absolute atomic E-state index is 12.0. The van der Waals surface area contributed by atoms with Crippen LogP contribution in [0.3, 0.4) is 0 Å². The second-order valence-electron chi connectivity index (χ2n) is 5.69. The number of hydrogen-bond donors (Lipinski definition) is 1. The van der Waals surface area contributed by atoms with Crippen molar-refractivity contribution in [3.63, 3.8) is 0 Å². The fourth-order valence-electron chi connectivity index (χ4n) is 1.63. The van der Waals surface area contributed by atoms with Crippen molar-refractivity contribution in [3.05, 3.63) is 0 Å². The highest BCUT2D eigenvalue weighted by atomic mass is 16.5. The molecular weight excluding hydrogens is 214 g/mol. The van der Waals surface area contributed by atoms with Gasteiger partial charge in [0.05, 0.1) is 6.04 Å². The Kier molecular flexibility index (Phi) is 8.44. The SMILES string of the molecule is CC(C)COCC[C@H](NC(C)C)C(=O)C(C)C. The van der Waals surface area contributed by atoms with Crippen molar-refractivity contribution in [2.24, 2.45) is 11.8 Å². The molecule has 0 unspecified atom stereocenters. The summed E-state index contributed by atoms with van der Waals surface area (Å²) in [6.07, 6.45) is 0.766. The molecule has 0 aromatic heterocycles. The van der Waals surface area contributed by atoms with Crippen molar-refractivity contribution in [1.29, 1.82) is 0 Å². The van der Waals surface area contributed by atoms with Crippen molar-refractivity contribution in [2.75, 3.05) is 13.2 Å². The summed E-state index contributed by atoms with van der Waals surface area (Å²) in [4.78, 5) is 12.0. The predicted molar refractivity (Wildman–Crippen MR) is 72.2 cm³/mol. The molecule has 0 aliphatic heterocycles. The molecule has 0 aliphatic rings. The highest BCUT2D eigenvalue weighted by molar-refractivity contribution is 5.85. The van der Waals surface area contributed by atoms with Gasteiger partial charge in [-0.05, 0) is 12.3 Å². The van der Waals surface area contributed by atoms with E-state index in [1.807, 2.05) is 13.8 Å². The monoisotopic (exact) mass is 243 g/mol. The molecule has 0 amide bonds. The third kappa shape index (κ3) is 8.33. The fourth-order valence-corrected chi connectivity index (χ4v) is 1.63. The summed E-state index contributed by atoms with van der Waals surface area (Å²) in [6.45, 7) is 13.7. The summed E-state index contributed by atoms with van der Waals surface area (Å²) >= 11 is 0. The molecule has 0 bridgehead atoms. The molecule has 3 nitrogen and oxygen atoms in total. The van der Waals surface area contributed by atoms with Crippen LogP contribution in [0.2, 0.25) is 0 Å². The zero-order valence-electron chi connectivity index (χ0n) is 12.2. The van der Waals surface area contributed by atoms with Crippen molar-refractivity contribution in [2.45, 2.75) is 60.0 Å². The van der Waals surface area contributed by atoms with E-state index in [2.05, 4.69) is 33.0 Å². The zero-order valence-corrected chi connectivity index (χ0v) is 12.2. The minimum atomic E-state index is -0.0674. The minimum absolute atomic E-state index is 0.0674. The number of Topliss-reactive ketones (excluding diaryl/α,β-unsaturated/α-hetero) is 1. The predicted octanol–water partition coefficient (Wildman–Crippen LogP) is 2.64. The summed E-state index contributed by atoms with van der Waals surface area (Å²) in [5.74, 6) is 0.913. The van der Waals surface area contributed by atoms with E-state index in [1.54, 1.807) is 0 Å². The Morgan fingerprint density at radius 1 is 1.12 bits per heavy atom. The first kappa shape index (κ1) is 16.6. The maximum atomic E-state index is 12.0. The van der Waals surface area contributed by atoms with Gasteiger partial charge in [-0.3, -0.25) is 4.79 Å². The fraction of sp³-hybridized carbons (Fsp3) is 0.929. The molecule has 0 heterocycles. The Morgan fingerprint density at radius 3 is 2.12 bits per heavy atom. The lowest BCUT2D eigenvalue weighted by molar-refractivity contribution is -0.124. The minimum Gasteiger partial charge on any atom is -0.381 e. The van der Waals surface area contributed by atoms with E-state index in [0.29, 0.717) is 18.6 Å². The van der Waals surface area contributed by atoms with Crippen LogP contribution in [-0.2, 0) is 9.53 Å². The summed E-state index contributed by atoms with van der Waals surface area (Å²) in [5, 5.41) is 3.32. The molecule has 0 aliphatic carbocycles. The standard InChI is InChI=1S/C14H29NO2/c1-10(2)9-17-8-7-13(15-12(5)6)14(16)11(3)4/h10-13,15H,7-9H2,1-6H3/t13-/m0/s1. The highest BCUT2D eigenvalue weighted by Crippen LogP contribution is 2.06. The van der Waals surface area contributed by atoms with E-state index < -0.39 is 0 Å². The van der Waals surface area contributed by atoms with Gasteiger partial charge in [0.25, 0.3) is 0 Å². The molecule has 102 valence electrons. The molecule has 0 aromatic rings. The normalized spacial score (nSPS) is 13.7. The molecule has 0 rings (SSSR count). The summed E-state index contributed by atoms with van der Waals surface area (Å²) in [6, 6.07) is 0.259. The first-order valence-corrected chi connectivity index (χ1v) is 6.72. The third-order valence-corrected chi connectivity index (χ3v) is 2.45. The quantitative estimate of drug-likeness (QED) is 0.633. The molecule has 0 fully saturated rings. The highest BCUT2D eigenvalue weighted by Gasteiger charge is 2.21. The summed E-state index contributed by atoms with van der Waals surface area (Å²) < 4.78 is 5.54. The van der Waals surface area contributed by atoms with E-state index in [-0.39, 0.29) is 17.7 Å². The van der Waals surface area contributed by atoms with E-state index in [4.69, 9.17) is 4.74 Å².